The van der Waals surface area contributed by atoms with Gasteiger partial charge in [0, 0.05) is 6.04 Å². The van der Waals surface area contributed by atoms with Gasteiger partial charge in [0.05, 0.1) is 6.61 Å². The molecule has 0 aliphatic carbocycles. The highest BCUT2D eigenvalue weighted by Gasteiger charge is 2.20. The Morgan fingerprint density at radius 1 is 1.44 bits per heavy atom. The lowest BCUT2D eigenvalue weighted by Crippen LogP contribution is -2.39. The van der Waals surface area contributed by atoms with E-state index in [4.69, 9.17) is 4.74 Å². The molecule has 0 heterocycles. The highest BCUT2D eigenvalue weighted by Crippen LogP contribution is 2.15. The molecule has 0 aliphatic heterocycles. The van der Waals surface area contributed by atoms with Crippen LogP contribution in [0, 0.1) is 5.82 Å². The Labute approximate surface area is 107 Å². The van der Waals surface area contributed by atoms with E-state index in [0.29, 0.717) is 13.0 Å². The normalized spacial score (nSPS) is 14.0. The van der Waals surface area contributed by atoms with Gasteiger partial charge in [-0.1, -0.05) is 19.1 Å². The number of halogens is 1. The second-order valence-corrected chi connectivity index (χ2v) is 4.16. The Kier molecular flexibility index (Phi) is 5.78. The minimum Gasteiger partial charge on any atom is -0.465 e. The molecular formula is C14H20FNO2. The van der Waals surface area contributed by atoms with Crippen molar-refractivity contribution in [2.75, 3.05) is 6.61 Å². The van der Waals surface area contributed by atoms with Crippen molar-refractivity contribution in [3.05, 3.63) is 35.6 Å². The van der Waals surface area contributed by atoms with E-state index in [0.717, 1.165) is 5.56 Å². The average Bonchev–Trinajstić information content (AvgIpc) is 2.35. The van der Waals surface area contributed by atoms with Crippen molar-refractivity contribution in [3.63, 3.8) is 0 Å². The van der Waals surface area contributed by atoms with E-state index < -0.39 is 0 Å². The SMILES string of the molecule is CCOC(=O)C(CC)NC(C)c1cccc(F)c1. The van der Waals surface area contributed by atoms with Gasteiger partial charge in [-0.2, -0.15) is 0 Å². The van der Waals surface area contributed by atoms with Crippen LogP contribution in [0.5, 0.6) is 0 Å². The maximum atomic E-state index is 13.1. The van der Waals surface area contributed by atoms with Crippen LogP contribution in [0.1, 0.15) is 38.8 Å². The van der Waals surface area contributed by atoms with Gasteiger partial charge in [-0.15, -0.1) is 0 Å². The van der Waals surface area contributed by atoms with Crippen LogP contribution in [0.3, 0.4) is 0 Å². The van der Waals surface area contributed by atoms with Crippen LogP contribution in [0.4, 0.5) is 4.39 Å². The fourth-order valence-electron chi connectivity index (χ4n) is 1.77. The number of ether oxygens (including phenoxy) is 1. The highest BCUT2D eigenvalue weighted by atomic mass is 19.1. The van der Waals surface area contributed by atoms with Gasteiger partial charge < -0.3 is 4.74 Å². The quantitative estimate of drug-likeness (QED) is 0.792. The Hall–Kier alpha value is -1.42. The fraction of sp³-hybridized carbons (Fsp3) is 0.500. The number of nitrogens with one attached hydrogen (secondary N) is 1. The molecular weight excluding hydrogens is 233 g/mol. The van der Waals surface area contributed by atoms with E-state index in [2.05, 4.69) is 5.32 Å². The molecule has 2 atom stereocenters. The van der Waals surface area contributed by atoms with E-state index in [1.54, 1.807) is 13.0 Å². The molecule has 1 rings (SSSR count). The van der Waals surface area contributed by atoms with E-state index >= 15 is 0 Å². The summed E-state index contributed by atoms with van der Waals surface area (Å²) in [6.45, 7) is 5.95. The monoisotopic (exact) mass is 253 g/mol. The first kappa shape index (κ1) is 14.6. The van der Waals surface area contributed by atoms with Gasteiger partial charge in [0.15, 0.2) is 0 Å². The summed E-state index contributed by atoms with van der Waals surface area (Å²) in [6, 6.07) is 5.90. The molecule has 0 fully saturated rings. The molecule has 18 heavy (non-hydrogen) atoms. The molecule has 1 aromatic rings. The molecule has 0 aromatic heterocycles. The van der Waals surface area contributed by atoms with Crippen LogP contribution in [0.25, 0.3) is 0 Å². The summed E-state index contributed by atoms with van der Waals surface area (Å²) in [5.41, 5.74) is 0.817. The van der Waals surface area contributed by atoms with Crippen molar-refractivity contribution in [1.29, 1.82) is 0 Å². The van der Waals surface area contributed by atoms with E-state index in [9.17, 15) is 9.18 Å². The lowest BCUT2D eigenvalue weighted by molar-refractivity contribution is -0.145. The van der Waals surface area contributed by atoms with Crippen LogP contribution in [0.15, 0.2) is 24.3 Å². The van der Waals surface area contributed by atoms with Crippen LogP contribution >= 0.6 is 0 Å². The predicted molar refractivity (Wildman–Crippen MR) is 68.7 cm³/mol. The summed E-state index contributed by atoms with van der Waals surface area (Å²) in [4.78, 5) is 11.6. The number of hydrogen-bond donors (Lipinski definition) is 1. The zero-order chi connectivity index (χ0) is 13.5. The summed E-state index contributed by atoms with van der Waals surface area (Å²) in [5.74, 6) is -0.534. The van der Waals surface area contributed by atoms with Gasteiger partial charge in [-0.25, -0.2) is 4.39 Å². The molecule has 0 bridgehead atoms. The molecule has 1 N–H and O–H groups in total. The third-order valence-electron chi connectivity index (χ3n) is 2.78. The Bertz CT molecular complexity index is 395. The van der Waals surface area contributed by atoms with E-state index in [1.165, 1.54) is 12.1 Å². The first-order valence-corrected chi connectivity index (χ1v) is 6.26. The van der Waals surface area contributed by atoms with Gasteiger partial charge in [0.25, 0.3) is 0 Å². The standard InChI is InChI=1S/C14H20FNO2/c1-4-13(14(17)18-5-2)16-10(3)11-7-6-8-12(15)9-11/h6-10,13,16H,4-5H2,1-3H3. The maximum Gasteiger partial charge on any atom is 0.323 e. The van der Waals surface area contributed by atoms with Crippen LogP contribution in [-0.2, 0) is 9.53 Å². The average molecular weight is 253 g/mol. The smallest absolute Gasteiger partial charge is 0.323 e. The number of esters is 1. The largest absolute Gasteiger partial charge is 0.465 e. The molecule has 0 saturated heterocycles. The number of benzene rings is 1. The molecule has 0 spiro atoms. The first-order chi connectivity index (χ1) is 8.58. The van der Waals surface area contributed by atoms with Crippen molar-refractivity contribution >= 4 is 5.97 Å². The van der Waals surface area contributed by atoms with Crippen LogP contribution in [0.2, 0.25) is 0 Å². The van der Waals surface area contributed by atoms with Crippen LogP contribution < -0.4 is 5.32 Å². The van der Waals surface area contributed by atoms with Crippen LogP contribution in [-0.4, -0.2) is 18.6 Å². The molecule has 0 radical (unpaired) electrons. The second-order valence-electron chi connectivity index (χ2n) is 4.16. The van der Waals surface area contributed by atoms with Crippen molar-refractivity contribution in [3.8, 4) is 0 Å². The van der Waals surface area contributed by atoms with Crippen molar-refractivity contribution in [2.24, 2.45) is 0 Å². The molecule has 0 aliphatic rings. The summed E-state index contributed by atoms with van der Waals surface area (Å²) in [6.07, 6.45) is 0.637. The van der Waals surface area contributed by atoms with Gasteiger partial charge in [0.1, 0.15) is 11.9 Å². The third-order valence-corrected chi connectivity index (χ3v) is 2.78. The lowest BCUT2D eigenvalue weighted by atomic mass is 10.1. The fourth-order valence-corrected chi connectivity index (χ4v) is 1.77. The molecule has 2 unspecified atom stereocenters. The zero-order valence-corrected chi connectivity index (χ0v) is 11.1. The Morgan fingerprint density at radius 3 is 2.72 bits per heavy atom. The molecule has 100 valence electrons. The Morgan fingerprint density at radius 2 is 2.17 bits per heavy atom. The molecule has 0 saturated carbocycles. The lowest BCUT2D eigenvalue weighted by Gasteiger charge is -2.21. The maximum absolute atomic E-state index is 13.1. The molecule has 0 amide bonds. The van der Waals surface area contributed by atoms with Gasteiger partial charge in [-0.3, -0.25) is 10.1 Å². The third kappa shape index (κ3) is 4.11. The summed E-state index contributed by atoms with van der Waals surface area (Å²) < 4.78 is 18.1. The van der Waals surface area contributed by atoms with Gasteiger partial charge >= 0.3 is 5.97 Å². The van der Waals surface area contributed by atoms with E-state index in [1.807, 2.05) is 19.9 Å². The van der Waals surface area contributed by atoms with Crippen molar-refractivity contribution in [2.45, 2.75) is 39.3 Å². The zero-order valence-electron chi connectivity index (χ0n) is 11.1. The number of hydrogen-bond acceptors (Lipinski definition) is 3. The van der Waals surface area contributed by atoms with Gasteiger partial charge in [0.2, 0.25) is 0 Å². The summed E-state index contributed by atoms with van der Waals surface area (Å²) in [7, 11) is 0. The topological polar surface area (TPSA) is 38.3 Å². The predicted octanol–water partition coefficient (Wildman–Crippen LogP) is 2.82. The molecule has 4 heteroatoms. The van der Waals surface area contributed by atoms with E-state index in [-0.39, 0.29) is 23.9 Å². The summed E-state index contributed by atoms with van der Waals surface area (Å²) >= 11 is 0. The number of carbonyl (C=O) groups excluding carboxylic acids is 1. The second kappa shape index (κ2) is 7.11. The summed E-state index contributed by atoms with van der Waals surface area (Å²) in [5, 5.41) is 3.15. The van der Waals surface area contributed by atoms with Crippen molar-refractivity contribution < 1.29 is 13.9 Å². The minimum absolute atomic E-state index is 0.102. The number of rotatable bonds is 6. The molecule has 1 aromatic carbocycles. The number of carbonyl (C=O) groups is 1. The first-order valence-electron chi connectivity index (χ1n) is 6.26. The van der Waals surface area contributed by atoms with Crippen molar-refractivity contribution in [1.82, 2.24) is 5.32 Å². The highest BCUT2D eigenvalue weighted by molar-refractivity contribution is 5.75. The molecule has 3 nitrogen and oxygen atoms in total. The van der Waals surface area contributed by atoms with Gasteiger partial charge in [-0.05, 0) is 38.0 Å². The Balaban J connectivity index is 2.67. The minimum atomic E-state index is -0.358.